The number of hydrogen-bond donors (Lipinski definition) is 1. The number of rotatable bonds is 3. The third-order valence-electron chi connectivity index (χ3n) is 3.48. The fourth-order valence-corrected chi connectivity index (χ4v) is 2.29. The minimum atomic E-state index is -0.651. The molecule has 0 aliphatic carbocycles. The minimum Gasteiger partial charge on any atom is -0.392 e. The molecule has 1 fully saturated rings. The fourth-order valence-electron chi connectivity index (χ4n) is 2.29. The lowest BCUT2D eigenvalue weighted by molar-refractivity contribution is -0.0149. The molecule has 5 nitrogen and oxygen atoms in total. The van der Waals surface area contributed by atoms with Crippen molar-refractivity contribution in [1.82, 2.24) is 10.1 Å². The maximum atomic E-state index is 13.6. The molecular formula is C14H14F2N2O3. The summed E-state index contributed by atoms with van der Waals surface area (Å²) in [7, 11) is 0. The average molecular weight is 296 g/mol. The number of halogens is 2. The van der Waals surface area contributed by atoms with E-state index in [1.807, 2.05) is 0 Å². The fraction of sp³-hybridized carbons (Fsp3) is 0.429. The van der Waals surface area contributed by atoms with Crippen molar-refractivity contribution in [3.8, 4) is 0 Å². The van der Waals surface area contributed by atoms with Crippen LogP contribution in [0.5, 0.6) is 0 Å². The standard InChI is InChI=1S/C14H14F2N2O3/c15-9-2-1-8(11(16)6-9)5-13-17-14(21-18-13)10-7-20-4-3-12(10)19/h1-2,6,10,12,19H,3-5,7H2. The first-order chi connectivity index (χ1) is 10.1. The summed E-state index contributed by atoms with van der Waals surface area (Å²) < 4.78 is 36.8. The second-order valence-electron chi connectivity index (χ2n) is 5.00. The van der Waals surface area contributed by atoms with Crippen molar-refractivity contribution in [1.29, 1.82) is 0 Å². The summed E-state index contributed by atoms with van der Waals surface area (Å²) in [6, 6.07) is 3.34. The number of aliphatic hydroxyl groups is 1. The van der Waals surface area contributed by atoms with Gasteiger partial charge in [-0.2, -0.15) is 4.98 Å². The molecule has 1 N–H and O–H groups in total. The van der Waals surface area contributed by atoms with Crippen LogP contribution in [0.2, 0.25) is 0 Å². The third kappa shape index (κ3) is 3.08. The zero-order valence-electron chi connectivity index (χ0n) is 11.1. The Kier molecular flexibility index (Phi) is 3.94. The molecule has 2 heterocycles. The molecule has 21 heavy (non-hydrogen) atoms. The van der Waals surface area contributed by atoms with E-state index in [-0.39, 0.29) is 29.6 Å². The summed E-state index contributed by atoms with van der Waals surface area (Å²) in [6.07, 6.45) is 0.0171. The second-order valence-corrected chi connectivity index (χ2v) is 5.00. The summed E-state index contributed by atoms with van der Waals surface area (Å²) in [5, 5.41) is 13.7. The molecule has 0 radical (unpaired) electrons. The highest BCUT2D eigenvalue weighted by atomic mass is 19.1. The molecule has 1 aliphatic rings. The van der Waals surface area contributed by atoms with Crippen molar-refractivity contribution >= 4 is 0 Å². The number of hydrogen-bond acceptors (Lipinski definition) is 5. The van der Waals surface area contributed by atoms with E-state index in [9.17, 15) is 13.9 Å². The molecule has 0 bridgehead atoms. The van der Waals surface area contributed by atoms with Crippen molar-refractivity contribution in [2.24, 2.45) is 0 Å². The van der Waals surface area contributed by atoms with Gasteiger partial charge in [-0.05, 0) is 18.1 Å². The summed E-state index contributed by atoms with van der Waals surface area (Å²) in [4.78, 5) is 4.16. The van der Waals surface area contributed by atoms with Crippen molar-refractivity contribution in [2.75, 3.05) is 13.2 Å². The number of benzene rings is 1. The molecular weight excluding hydrogens is 282 g/mol. The van der Waals surface area contributed by atoms with E-state index < -0.39 is 17.7 Å². The molecule has 2 aromatic rings. The van der Waals surface area contributed by atoms with Crippen molar-refractivity contribution in [3.63, 3.8) is 0 Å². The Morgan fingerprint density at radius 1 is 1.33 bits per heavy atom. The van der Waals surface area contributed by atoms with E-state index >= 15 is 0 Å². The van der Waals surface area contributed by atoms with Crippen molar-refractivity contribution in [3.05, 3.63) is 47.1 Å². The summed E-state index contributed by atoms with van der Waals surface area (Å²) in [6.45, 7) is 0.813. The lowest BCUT2D eigenvalue weighted by atomic mass is 9.99. The van der Waals surface area contributed by atoms with Gasteiger partial charge in [0.25, 0.3) is 0 Å². The van der Waals surface area contributed by atoms with Crippen LogP contribution in [0.3, 0.4) is 0 Å². The van der Waals surface area contributed by atoms with Gasteiger partial charge in [0, 0.05) is 19.1 Å². The van der Waals surface area contributed by atoms with Crippen LogP contribution in [0.25, 0.3) is 0 Å². The van der Waals surface area contributed by atoms with Crippen molar-refractivity contribution < 1.29 is 23.1 Å². The summed E-state index contributed by atoms with van der Waals surface area (Å²) >= 11 is 0. The van der Waals surface area contributed by atoms with Crippen LogP contribution in [-0.4, -0.2) is 34.6 Å². The van der Waals surface area contributed by atoms with Crippen LogP contribution in [0.15, 0.2) is 22.7 Å². The summed E-state index contributed by atoms with van der Waals surface area (Å²) in [5.41, 5.74) is 0.282. The average Bonchev–Trinajstić information content (AvgIpc) is 2.91. The smallest absolute Gasteiger partial charge is 0.234 e. The maximum Gasteiger partial charge on any atom is 0.234 e. The molecule has 112 valence electrons. The number of aliphatic hydroxyl groups excluding tert-OH is 1. The van der Waals surface area contributed by atoms with E-state index in [0.29, 0.717) is 19.6 Å². The van der Waals surface area contributed by atoms with Crippen LogP contribution >= 0.6 is 0 Å². The Morgan fingerprint density at radius 2 is 2.19 bits per heavy atom. The molecule has 7 heteroatoms. The second kappa shape index (κ2) is 5.87. The first kappa shape index (κ1) is 14.1. The van der Waals surface area contributed by atoms with Gasteiger partial charge in [-0.15, -0.1) is 0 Å². The van der Waals surface area contributed by atoms with Crippen LogP contribution < -0.4 is 0 Å². The number of nitrogens with zero attached hydrogens (tertiary/aromatic N) is 2. The van der Waals surface area contributed by atoms with Gasteiger partial charge in [0.2, 0.25) is 5.89 Å². The van der Waals surface area contributed by atoms with E-state index in [0.717, 1.165) is 6.07 Å². The van der Waals surface area contributed by atoms with Gasteiger partial charge >= 0.3 is 0 Å². The highest BCUT2D eigenvalue weighted by molar-refractivity contribution is 5.21. The first-order valence-corrected chi connectivity index (χ1v) is 6.65. The third-order valence-corrected chi connectivity index (χ3v) is 3.48. The molecule has 2 atom stereocenters. The zero-order valence-corrected chi connectivity index (χ0v) is 11.1. The normalized spacial score (nSPS) is 22.4. The van der Waals surface area contributed by atoms with E-state index in [4.69, 9.17) is 9.26 Å². The highest BCUT2D eigenvalue weighted by Gasteiger charge is 2.30. The topological polar surface area (TPSA) is 68.4 Å². The molecule has 0 amide bonds. The Labute approximate surface area is 119 Å². The van der Waals surface area contributed by atoms with Gasteiger partial charge in [0.05, 0.1) is 18.6 Å². The van der Waals surface area contributed by atoms with Crippen LogP contribution in [-0.2, 0) is 11.2 Å². The minimum absolute atomic E-state index is 0.0965. The number of ether oxygens (including phenoxy) is 1. The van der Waals surface area contributed by atoms with Crippen LogP contribution in [0.4, 0.5) is 8.78 Å². The largest absolute Gasteiger partial charge is 0.392 e. The molecule has 0 spiro atoms. The molecule has 3 rings (SSSR count). The quantitative estimate of drug-likeness (QED) is 0.935. The monoisotopic (exact) mass is 296 g/mol. The van der Waals surface area contributed by atoms with Gasteiger partial charge in [0.15, 0.2) is 5.82 Å². The molecule has 0 saturated carbocycles. The van der Waals surface area contributed by atoms with Crippen molar-refractivity contribution in [2.45, 2.75) is 24.9 Å². The molecule has 1 saturated heterocycles. The lowest BCUT2D eigenvalue weighted by Crippen LogP contribution is -2.30. The Balaban J connectivity index is 1.75. The van der Waals surface area contributed by atoms with Gasteiger partial charge in [-0.3, -0.25) is 0 Å². The highest BCUT2D eigenvalue weighted by Crippen LogP contribution is 2.25. The summed E-state index contributed by atoms with van der Waals surface area (Å²) in [5.74, 6) is -1.08. The van der Waals surface area contributed by atoms with Crippen LogP contribution in [0, 0.1) is 11.6 Å². The molecule has 1 aliphatic heterocycles. The Morgan fingerprint density at radius 3 is 2.95 bits per heavy atom. The molecule has 1 aromatic heterocycles. The first-order valence-electron chi connectivity index (χ1n) is 6.65. The lowest BCUT2D eigenvalue weighted by Gasteiger charge is -2.24. The number of aromatic nitrogens is 2. The van der Waals surface area contributed by atoms with Gasteiger partial charge in [0.1, 0.15) is 11.6 Å². The maximum absolute atomic E-state index is 13.6. The van der Waals surface area contributed by atoms with Gasteiger partial charge < -0.3 is 14.4 Å². The van der Waals surface area contributed by atoms with Crippen LogP contribution in [0.1, 0.15) is 29.6 Å². The molecule has 2 unspecified atom stereocenters. The zero-order chi connectivity index (χ0) is 14.8. The van der Waals surface area contributed by atoms with Gasteiger partial charge in [-0.1, -0.05) is 11.2 Å². The Hall–Kier alpha value is -1.86. The van der Waals surface area contributed by atoms with Gasteiger partial charge in [-0.25, -0.2) is 8.78 Å². The molecule has 1 aromatic carbocycles. The van der Waals surface area contributed by atoms with E-state index in [1.54, 1.807) is 0 Å². The Bertz CT molecular complexity index is 632. The SMILES string of the molecule is OC1CCOCC1c1nc(Cc2ccc(F)cc2F)no1. The predicted molar refractivity (Wildman–Crippen MR) is 67.6 cm³/mol. The van der Waals surface area contributed by atoms with E-state index in [2.05, 4.69) is 10.1 Å². The van der Waals surface area contributed by atoms with E-state index in [1.165, 1.54) is 12.1 Å². The predicted octanol–water partition coefficient (Wildman–Crippen LogP) is 1.80.